The molecule has 7 heteroatoms. The number of anilines is 1. The maximum atomic E-state index is 12.8. The van der Waals surface area contributed by atoms with Crippen molar-refractivity contribution in [3.63, 3.8) is 0 Å². The van der Waals surface area contributed by atoms with Crippen LogP contribution in [0, 0.1) is 0 Å². The fourth-order valence-electron chi connectivity index (χ4n) is 2.51. The highest BCUT2D eigenvalue weighted by Gasteiger charge is 2.35. The van der Waals surface area contributed by atoms with E-state index >= 15 is 0 Å². The van der Waals surface area contributed by atoms with Gasteiger partial charge in [-0.2, -0.15) is 13.2 Å². The molecule has 1 aliphatic rings. The van der Waals surface area contributed by atoms with E-state index in [1.165, 1.54) is 0 Å². The molecule has 0 aliphatic heterocycles. The van der Waals surface area contributed by atoms with Gasteiger partial charge in [0.2, 0.25) is 5.95 Å². The van der Waals surface area contributed by atoms with Crippen molar-refractivity contribution in [1.82, 2.24) is 15.0 Å². The molecular formula is C13H11F3N4. The molecule has 0 radical (unpaired) electrons. The summed E-state index contributed by atoms with van der Waals surface area (Å²) in [5.41, 5.74) is 6.49. The van der Waals surface area contributed by atoms with Gasteiger partial charge in [0, 0.05) is 12.1 Å². The topological polar surface area (TPSA) is 64.7 Å². The van der Waals surface area contributed by atoms with Crippen molar-refractivity contribution in [2.75, 3.05) is 5.73 Å². The molecule has 2 aromatic heterocycles. The van der Waals surface area contributed by atoms with Crippen LogP contribution in [0.2, 0.25) is 0 Å². The van der Waals surface area contributed by atoms with E-state index in [0.29, 0.717) is 6.42 Å². The SMILES string of the molecule is Nc1nc(C2CCc3cccnc32)cc(C(F)(F)F)n1. The molecular weight excluding hydrogens is 269 g/mol. The number of nitrogens with zero attached hydrogens (tertiary/aromatic N) is 3. The predicted octanol–water partition coefficient (Wildman–Crippen LogP) is 2.55. The molecule has 0 fully saturated rings. The average Bonchev–Trinajstić information content (AvgIpc) is 2.80. The lowest BCUT2D eigenvalue weighted by Gasteiger charge is -2.13. The van der Waals surface area contributed by atoms with Crippen LogP contribution in [0.15, 0.2) is 24.4 Å². The van der Waals surface area contributed by atoms with Crippen molar-refractivity contribution in [2.45, 2.75) is 24.9 Å². The summed E-state index contributed by atoms with van der Waals surface area (Å²) in [5.74, 6) is -0.614. The van der Waals surface area contributed by atoms with Crippen LogP contribution in [0.5, 0.6) is 0 Å². The number of alkyl halides is 3. The van der Waals surface area contributed by atoms with Crippen LogP contribution in [0.25, 0.3) is 0 Å². The molecule has 104 valence electrons. The Morgan fingerprint density at radius 1 is 1.25 bits per heavy atom. The van der Waals surface area contributed by atoms with E-state index in [-0.39, 0.29) is 17.6 Å². The molecule has 4 nitrogen and oxygen atoms in total. The Balaban J connectivity index is 2.06. The van der Waals surface area contributed by atoms with Gasteiger partial charge in [-0.3, -0.25) is 4.98 Å². The van der Waals surface area contributed by atoms with Gasteiger partial charge in [-0.25, -0.2) is 9.97 Å². The van der Waals surface area contributed by atoms with E-state index in [9.17, 15) is 13.2 Å². The zero-order valence-electron chi connectivity index (χ0n) is 10.4. The first-order valence-electron chi connectivity index (χ1n) is 6.10. The monoisotopic (exact) mass is 280 g/mol. The van der Waals surface area contributed by atoms with E-state index in [4.69, 9.17) is 5.73 Å². The van der Waals surface area contributed by atoms with Crippen LogP contribution in [-0.2, 0) is 12.6 Å². The number of nitrogen functional groups attached to an aromatic ring is 1. The Labute approximate surface area is 112 Å². The summed E-state index contributed by atoms with van der Waals surface area (Å²) in [6.07, 6.45) is -1.44. The maximum absolute atomic E-state index is 12.8. The van der Waals surface area contributed by atoms with Gasteiger partial charge in [0.1, 0.15) is 5.69 Å². The summed E-state index contributed by atoms with van der Waals surface area (Å²) in [7, 11) is 0. The van der Waals surface area contributed by atoms with Gasteiger partial charge < -0.3 is 5.73 Å². The zero-order chi connectivity index (χ0) is 14.3. The number of pyridine rings is 1. The minimum atomic E-state index is -4.53. The third-order valence-corrected chi connectivity index (χ3v) is 3.37. The van der Waals surface area contributed by atoms with Crippen molar-refractivity contribution in [1.29, 1.82) is 0 Å². The van der Waals surface area contributed by atoms with Crippen LogP contribution in [0.3, 0.4) is 0 Å². The van der Waals surface area contributed by atoms with Crippen LogP contribution in [0.1, 0.15) is 35.0 Å². The molecule has 20 heavy (non-hydrogen) atoms. The predicted molar refractivity (Wildman–Crippen MR) is 65.8 cm³/mol. The molecule has 2 N–H and O–H groups in total. The van der Waals surface area contributed by atoms with E-state index in [1.54, 1.807) is 6.20 Å². The average molecular weight is 280 g/mol. The van der Waals surface area contributed by atoms with Gasteiger partial charge in [-0.05, 0) is 30.5 Å². The first-order chi connectivity index (χ1) is 9.45. The van der Waals surface area contributed by atoms with Gasteiger partial charge in [0.05, 0.1) is 11.4 Å². The maximum Gasteiger partial charge on any atom is 0.433 e. The van der Waals surface area contributed by atoms with E-state index in [1.807, 2.05) is 12.1 Å². The number of hydrogen-bond donors (Lipinski definition) is 1. The van der Waals surface area contributed by atoms with Gasteiger partial charge in [0.15, 0.2) is 0 Å². The molecule has 2 heterocycles. The first kappa shape index (κ1) is 12.8. The van der Waals surface area contributed by atoms with Gasteiger partial charge in [-0.15, -0.1) is 0 Å². The standard InChI is InChI=1S/C13H11F3N4/c14-13(15,16)10-6-9(19-12(17)20-10)8-4-3-7-2-1-5-18-11(7)8/h1-2,5-6,8H,3-4H2,(H2,17,19,20). The van der Waals surface area contributed by atoms with E-state index < -0.39 is 11.9 Å². The smallest absolute Gasteiger partial charge is 0.368 e. The Morgan fingerprint density at radius 2 is 2.05 bits per heavy atom. The van der Waals surface area contributed by atoms with Crippen molar-refractivity contribution < 1.29 is 13.2 Å². The number of nitrogens with two attached hydrogens (primary N) is 1. The minimum Gasteiger partial charge on any atom is -0.368 e. The number of aromatic nitrogens is 3. The second-order valence-electron chi connectivity index (χ2n) is 4.67. The molecule has 2 aromatic rings. The fourth-order valence-corrected chi connectivity index (χ4v) is 2.51. The lowest BCUT2D eigenvalue weighted by atomic mass is 10.0. The molecule has 0 saturated heterocycles. The van der Waals surface area contributed by atoms with Gasteiger partial charge in [0.25, 0.3) is 0 Å². The number of halogens is 3. The molecule has 0 aromatic carbocycles. The quantitative estimate of drug-likeness (QED) is 0.871. The van der Waals surface area contributed by atoms with Crippen molar-refractivity contribution in [2.24, 2.45) is 0 Å². The Hall–Kier alpha value is -2.18. The number of rotatable bonds is 1. The van der Waals surface area contributed by atoms with E-state index in [0.717, 1.165) is 23.7 Å². The summed E-state index contributed by atoms with van der Waals surface area (Å²) in [5, 5.41) is 0. The molecule has 3 rings (SSSR count). The molecule has 1 atom stereocenters. The molecule has 0 bridgehead atoms. The normalized spacial score (nSPS) is 18.1. The number of fused-ring (bicyclic) bond motifs is 1. The molecule has 0 amide bonds. The summed E-state index contributed by atoms with van der Waals surface area (Å²) in [4.78, 5) is 11.5. The van der Waals surface area contributed by atoms with Crippen LogP contribution < -0.4 is 5.73 Å². The summed E-state index contributed by atoms with van der Waals surface area (Å²) in [6.45, 7) is 0. The Morgan fingerprint density at radius 3 is 2.80 bits per heavy atom. The molecule has 1 unspecified atom stereocenters. The third kappa shape index (κ3) is 2.19. The number of hydrogen-bond acceptors (Lipinski definition) is 4. The summed E-state index contributed by atoms with van der Waals surface area (Å²) >= 11 is 0. The van der Waals surface area contributed by atoms with Crippen molar-refractivity contribution in [3.05, 3.63) is 47.0 Å². The highest BCUT2D eigenvalue weighted by atomic mass is 19.4. The van der Waals surface area contributed by atoms with E-state index in [2.05, 4.69) is 15.0 Å². The second kappa shape index (κ2) is 4.43. The highest BCUT2D eigenvalue weighted by molar-refractivity contribution is 5.37. The van der Waals surface area contributed by atoms with Gasteiger partial charge in [-0.1, -0.05) is 6.07 Å². The van der Waals surface area contributed by atoms with Crippen molar-refractivity contribution in [3.8, 4) is 0 Å². The summed E-state index contributed by atoms with van der Waals surface area (Å²) < 4.78 is 38.3. The van der Waals surface area contributed by atoms with Crippen molar-refractivity contribution >= 4 is 5.95 Å². The zero-order valence-corrected chi connectivity index (χ0v) is 10.4. The molecule has 1 aliphatic carbocycles. The van der Waals surface area contributed by atoms with Gasteiger partial charge >= 0.3 is 6.18 Å². The second-order valence-corrected chi connectivity index (χ2v) is 4.67. The Kier molecular flexibility index (Phi) is 2.84. The molecule has 0 saturated carbocycles. The first-order valence-corrected chi connectivity index (χ1v) is 6.10. The largest absolute Gasteiger partial charge is 0.433 e. The minimum absolute atomic E-state index is 0.252. The molecule has 0 spiro atoms. The third-order valence-electron chi connectivity index (χ3n) is 3.37. The summed E-state index contributed by atoms with van der Waals surface area (Å²) in [6, 6.07) is 4.71. The van der Waals surface area contributed by atoms with Crippen LogP contribution in [-0.4, -0.2) is 15.0 Å². The fraction of sp³-hybridized carbons (Fsp3) is 0.308. The van der Waals surface area contributed by atoms with Crippen LogP contribution in [0.4, 0.5) is 19.1 Å². The highest BCUT2D eigenvalue weighted by Crippen LogP contribution is 2.37. The van der Waals surface area contributed by atoms with Crippen LogP contribution >= 0.6 is 0 Å². The number of aryl methyl sites for hydroxylation is 1. The lowest BCUT2D eigenvalue weighted by Crippen LogP contribution is -2.14. The lowest BCUT2D eigenvalue weighted by molar-refractivity contribution is -0.141. The Bertz CT molecular complexity index is 654.